The Morgan fingerprint density at radius 2 is 2.21 bits per heavy atom. The van der Waals surface area contributed by atoms with Crippen molar-refractivity contribution < 1.29 is 9.47 Å². The van der Waals surface area contributed by atoms with Gasteiger partial charge in [0.15, 0.2) is 0 Å². The van der Waals surface area contributed by atoms with Gasteiger partial charge in [0.2, 0.25) is 0 Å². The highest BCUT2D eigenvalue weighted by molar-refractivity contribution is 5.69. The number of nitrogens with two attached hydrogens (primary N) is 2. The highest BCUT2D eigenvalue weighted by Gasteiger charge is 2.13. The zero-order valence-corrected chi connectivity index (χ0v) is 11.1. The highest BCUT2D eigenvalue weighted by atomic mass is 16.5. The summed E-state index contributed by atoms with van der Waals surface area (Å²) in [6, 6.07) is 3.46. The first-order valence-electron chi connectivity index (χ1n) is 5.95. The van der Waals surface area contributed by atoms with Gasteiger partial charge in [-0.25, -0.2) is 4.98 Å². The minimum atomic E-state index is -0.282. The Labute approximate surface area is 112 Å². The first-order chi connectivity index (χ1) is 9.12. The monoisotopic (exact) mass is 265 g/mol. The van der Waals surface area contributed by atoms with Crippen LogP contribution in [0, 0.1) is 11.3 Å². The number of ether oxygens (including phenoxy) is 2. The van der Waals surface area contributed by atoms with Crippen molar-refractivity contribution in [2.24, 2.45) is 0 Å². The van der Waals surface area contributed by atoms with Crippen molar-refractivity contribution in [1.82, 2.24) is 4.98 Å². The maximum absolute atomic E-state index is 9.08. The maximum atomic E-state index is 9.08. The van der Waals surface area contributed by atoms with Crippen LogP contribution in [0.2, 0.25) is 0 Å². The lowest BCUT2D eigenvalue weighted by Gasteiger charge is -2.19. The number of hydrogen-bond donors (Lipinski definition) is 3. The molecule has 0 aliphatic heterocycles. The van der Waals surface area contributed by atoms with Gasteiger partial charge in [-0.3, -0.25) is 0 Å². The van der Waals surface area contributed by atoms with E-state index in [-0.39, 0.29) is 17.6 Å². The molecule has 1 aromatic rings. The van der Waals surface area contributed by atoms with Crippen LogP contribution in [-0.2, 0) is 9.47 Å². The molecule has 0 spiro atoms. The van der Waals surface area contributed by atoms with Crippen LogP contribution in [-0.4, -0.2) is 31.5 Å². The molecule has 0 radical (unpaired) electrons. The van der Waals surface area contributed by atoms with Crippen molar-refractivity contribution in [2.45, 2.75) is 19.6 Å². The topological polar surface area (TPSA) is 119 Å². The van der Waals surface area contributed by atoms with E-state index in [2.05, 4.69) is 10.3 Å². The van der Waals surface area contributed by atoms with Crippen molar-refractivity contribution in [2.75, 3.05) is 37.1 Å². The zero-order chi connectivity index (χ0) is 14.3. The van der Waals surface area contributed by atoms with E-state index in [0.29, 0.717) is 31.1 Å². The first kappa shape index (κ1) is 15.0. The smallest absolute Gasteiger partial charge is 0.150 e. The lowest BCUT2D eigenvalue weighted by Crippen LogP contribution is -2.25. The summed E-state index contributed by atoms with van der Waals surface area (Å²) in [5.41, 5.74) is 11.9. The Bertz CT molecular complexity index is 458. The molecule has 0 fully saturated rings. The molecular weight excluding hydrogens is 246 g/mol. The number of nitriles is 1. The fraction of sp³-hybridized carbons (Fsp3) is 0.500. The molecule has 0 saturated heterocycles. The number of anilines is 3. The molecule has 0 bridgehead atoms. The SMILES string of the molecule is CCC(Nc1nc(N)cc(N)c1C#N)OCCOC. The third kappa shape index (κ3) is 4.28. The van der Waals surface area contributed by atoms with E-state index in [0.717, 1.165) is 0 Å². The normalized spacial score (nSPS) is 11.8. The van der Waals surface area contributed by atoms with Crippen LogP contribution in [0.5, 0.6) is 0 Å². The van der Waals surface area contributed by atoms with Gasteiger partial charge in [-0.05, 0) is 6.42 Å². The Morgan fingerprint density at radius 3 is 2.79 bits per heavy atom. The van der Waals surface area contributed by atoms with Crippen LogP contribution in [0.4, 0.5) is 17.3 Å². The van der Waals surface area contributed by atoms with Gasteiger partial charge in [0.25, 0.3) is 0 Å². The molecule has 104 valence electrons. The molecule has 1 unspecified atom stereocenters. The van der Waals surface area contributed by atoms with Crippen molar-refractivity contribution in [1.29, 1.82) is 5.26 Å². The molecule has 19 heavy (non-hydrogen) atoms. The summed E-state index contributed by atoms with van der Waals surface area (Å²) in [5.74, 6) is 0.593. The molecule has 0 aliphatic carbocycles. The second-order valence-electron chi connectivity index (χ2n) is 3.88. The highest BCUT2D eigenvalue weighted by Crippen LogP contribution is 2.22. The molecule has 1 atom stereocenters. The molecule has 1 heterocycles. The molecule has 0 saturated carbocycles. The van der Waals surface area contributed by atoms with Crippen molar-refractivity contribution in [3.63, 3.8) is 0 Å². The lowest BCUT2D eigenvalue weighted by molar-refractivity contribution is 0.0290. The number of nitrogens with zero attached hydrogens (tertiary/aromatic N) is 2. The molecule has 7 nitrogen and oxygen atoms in total. The Hall–Kier alpha value is -2.04. The van der Waals surface area contributed by atoms with Gasteiger partial charge in [0.1, 0.15) is 29.5 Å². The van der Waals surface area contributed by atoms with Gasteiger partial charge in [-0.2, -0.15) is 5.26 Å². The molecule has 1 rings (SSSR count). The summed E-state index contributed by atoms with van der Waals surface area (Å²) in [5, 5.41) is 12.1. The third-order valence-electron chi connectivity index (χ3n) is 2.46. The van der Waals surface area contributed by atoms with Crippen molar-refractivity contribution >= 4 is 17.3 Å². The van der Waals surface area contributed by atoms with Crippen molar-refractivity contribution in [3.05, 3.63) is 11.6 Å². The fourth-order valence-corrected chi connectivity index (χ4v) is 1.50. The van der Waals surface area contributed by atoms with E-state index in [1.165, 1.54) is 6.07 Å². The van der Waals surface area contributed by atoms with Gasteiger partial charge in [0.05, 0.1) is 18.9 Å². The predicted octanol–water partition coefficient (Wildman–Crippen LogP) is 0.929. The Morgan fingerprint density at radius 1 is 1.47 bits per heavy atom. The van der Waals surface area contributed by atoms with Crippen LogP contribution in [0.25, 0.3) is 0 Å². The number of methoxy groups -OCH3 is 1. The van der Waals surface area contributed by atoms with E-state index < -0.39 is 0 Å². The molecule has 0 amide bonds. The quantitative estimate of drug-likeness (QED) is 0.495. The first-order valence-corrected chi connectivity index (χ1v) is 5.95. The predicted molar refractivity (Wildman–Crippen MR) is 73.3 cm³/mol. The summed E-state index contributed by atoms with van der Waals surface area (Å²) in [4.78, 5) is 4.07. The van der Waals surface area contributed by atoms with E-state index in [1.807, 2.05) is 13.0 Å². The maximum Gasteiger partial charge on any atom is 0.150 e. The van der Waals surface area contributed by atoms with Gasteiger partial charge < -0.3 is 26.3 Å². The number of hydrogen-bond acceptors (Lipinski definition) is 7. The second-order valence-corrected chi connectivity index (χ2v) is 3.88. The second kappa shape index (κ2) is 7.41. The number of rotatable bonds is 7. The minimum absolute atomic E-state index is 0.255. The van der Waals surface area contributed by atoms with Crippen LogP contribution in [0.1, 0.15) is 18.9 Å². The van der Waals surface area contributed by atoms with Crippen LogP contribution < -0.4 is 16.8 Å². The molecule has 0 aliphatic rings. The minimum Gasteiger partial charge on any atom is -0.397 e. The summed E-state index contributed by atoms with van der Waals surface area (Å²) < 4.78 is 10.5. The zero-order valence-electron chi connectivity index (χ0n) is 11.1. The molecule has 1 aromatic heterocycles. The Kier molecular flexibility index (Phi) is 5.85. The average Bonchev–Trinajstić information content (AvgIpc) is 2.37. The van der Waals surface area contributed by atoms with Gasteiger partial charge >= 0.3 is 0 Å². The number of nitrogen functional groups attached to an aromatic ring is 2. The summed E-state index contributed by atoms with van der Waals surface area (Å²) in [7, 11) is 1.60. The summed E-state index contributed by atoms with van der Waals surface area (Å²) >= 11 is 0. The van der Waals surface area contributed by atoms with Crippen LogP contribution in [0.15, 0.2) is 6.07 Å². The van der Waals surface area contributed by atoms with Gasteiger partial charge in [0, 0.05) is 13.2 Å². The molecule has 7 heteroatoms. The number of nitrogens with one attached hydrogen (secondary N) is 1. The van der Waals surface area contributed by atoms with E-state index in [9.17, 15) is 0 Å². The van der Waals surface area contributed by atoms with E-state index >= 15 is 0 Å². The Balaban J connectivity index is 2.82. The van der Waals surface area contributed by atoms with Crippen LogP contribution in [0.3, 0.4) is 0 Å². The third-order valence-corrected chi connectivity index (χ3v) is 2.46. The number of pyridine rings is 1. The largest absolute Gasteiger partial charge is 0.397 e. The molecule has 0 aromatic carbocycles. The standard InChI is InChI=1S/C12H19N5O2/c1-3-11(19-5-4-18-2)17-12-8(7-13)9(14)6-10(15)16-12/h6,11H,3-5H2,1-2H3,(H5,14,15,16,17). The van der Waals surface area contributed by atoms with Crippen molar-refractivity contribution in [3.8, 4) is 6.07 Å². The number of aromatic nitrogens is 1. The van der Waals surface area contributed by atoms with Gasteiger partial charge in [-0.15, -0.1) is 0 Å². The molecule has 5 N–H and O–H groups in total. The van der Waals surface area contributed by atoms with Gasteiger partial charge in [-0.1, -0.05) is 6.92 Å². The van der Waals surface area contributed by atoms with E-state index in [4.69, 9.17) is 26.2 Å². The van der Waals surface area contributed by atoms with E-state index in [1.54, 1.807) is 7.11 Å². The summed E-state index contributed by atoms with van der Waals surface area (Å²) in [6.07, 6.45) is 0.418. The summed E-state index contributed by atoms with van der Waals surface area (Å²) in [6.45, 7) is 2.89. The molecular formula is C12H19N5O2. The van der Waals surface area contributed by atoms with Crippen LogP contribution >= 0.6 is 0 Å². The lowest BCUT2D eigenvalue weighted by atomic mass is 10.2. The average molecular weight is 265 g/mol. The fourth-order valence-electron chi connectivity index (χ4n) is 1.50.